The van der Waals surface area contributed by atoms with E-state index in [0.29, 0.717) is 0 Å². The number of nitrogens with zero attached hydrogens (tertiary/aromatic N) is 3. The van der Waals surface area contributed by atoms with Crippen molar-refractivity contribution >= 4 is 28.2 Å². The topological polar surface area (TPSA) is 132 Å². The molecule has 150 valence electrons. The quantitative estimate of drug-likeness (QED) is 0.522. The van der Waals surface area contributed by atoms with E-state index < -0.39 is 38.7 Å². The van der Waals surface area contributed by atoms with Gasteiger partial charge in [-0.2, -0.15) is 0 Å². The molecule has 0 unspecified atom stereocenters. The van der Waals surface area contributed by atoms with Crippen molar-refractivity contribution in [2.45, 2.75) is 58.0 Å². The maximum atomic E-state index is 12.3. The van der Waals surface area contributed by atoms with Gasteiger partial charge in [0.2, 0.25) is 16.0 Å². The number of nitrogens with two attached hydrogens (primary N) is 1. The molecule has 0 saturated carbocycles. The van der Waals surface area contributed by atoms with E-state index in [1.54, 1.807) is 41.5 Å². The van der Waals surface area contributed by atoms with Gasteiger partial charge >= 0.3 is 12.2 Å². The van der Waals surface area contributed by atoms with E-state index in [1.807, 2.05) is 0 Å². The number of guanidine groups is 1. The van der Waals surface area contributed by atoms with Crippen molar-refractivity contribution in [3.63, 3.8) is 0 Å². The molecule has 1 saturated heterocycles. The fourth-order valence-corrected chi connectivity index (χ4v) is 2.72. The number of carbonyl (C=O) groups excluding carboxylic acids is 2. The first-order valence-electron chi connectivity index (χ1n) is 8.04. The second kappa shape index (κ2) is 7.39. The van der Waals surface area contributed by atoms with Gasteiger partial charge in [0.05, 0.1) is 0 Å². The van der Waals surface area contributed by atoms with Crippen molar-refractivity contribution in [2.75, 3.05) is 20.1 Å². The van der Waals surface area contributed by atoms with Crippen molar-refractivity contribution in [2.24, 2.45) is 10.1 Å². The minimum atomic E-state index is -3.71. The number of amides is 2. The summed E-state index contributed by atoms with van der Waals surface area (Å²) >= 11 is 0. The number of primary sulfonamides is 1. The highest BCUT2D eigenvalue weighted by molar-refractivity contribution is 7.89. The van der Waals surface area contributed by atoms with Crippen LogP contribution in [0.1, 0.15) is 41.5 Å². The number of sulfonamides is 1. The molecule has 0 aromatic rings. The van der Waals surface area contributed by atoms with Gasteiger partial charge in [-0.15, -0.1) is 4.99 Å². The summed E-state index contributed by atoms with van der Waals surface area (Å²) in [6, 6.07) is 0. The molecular weight excluding hydrogens is 364 g/mol. The first-order chi connectivity index (χ1) is 11.5. The van der Waals surface area contributed by atoms with E-state index in [0.717, 1.165) is 4.90 Å². The Labute approximate surface area is 154 Å². The predicted molar refractivity (Wildman–Crippen MR) is 96.1 cm³/mol. The van der Waals surface area contributed by atoms with Crippen LogP contribution in [-0.4, -0.2) is 73.0 Å². The summed E-state index contributed by atoms with van der Waals surface area (Å²) in [5.41, 5.74) is -1.52. The number of rotatable bonds is 1. The SMILES string of the molecule is CN(C(=O)OC(C)(C)C)C(=NC(=O)OC(C)(C)C)N1CC(S(N)(=O)=O)C1. The van der Waals surface area contributed by atoms with Crippen LogP contribution in [0.4, 0.5) is 9.59 Å². The van der Waals surface area contributed by atoms with Crippen LogP contribution in [0.3, 0.4) is 0 Å². The summed E-state index contributed by atoms with van der Waals surface area (Å²) in [5, 5.41) is 4.32. The van der Waals surface area contributed by atoms with E-state index in [1.165, 1.54) is 11.9 Å². The van der Waals surface area contributed by atoms with Crippen LogP contribution in [0.15, 0.2) is 4.99 Å². The van der Waals surface area contributed by atoms with Crippen LogP contribution in [-0.2, 0) is 19.5 Å². The van der Waals surface area contributed by atoms with Crippen LogP contribution in [0.5, 0.6) is 0 Å². The lowest BCUT2D eigenvalue weighted by molar-refractivity contribution is 0.0374. The second-order valence-electron chi connectivity index (χ2n) is 8.05. The molecule has 0 aliphatic carbocycles. The van der Waals surface area contributed by atoms with Crippen LogP contribution in [0.2, 0.25) is 0 Å². The summed E-state index contributed by atoms with van der Waals surface area (Å²) in [6.07, 6.45) is -1.64. The molecule has 10 nitrogen and oxygen atoms in total. The average molecular weight is 392 g/mol. The Hall–Kier alpha value is -1.88. The van der Waals surface area contributed by atoms with Crippen LogP contribution in [0, 0.1) is 0 Å². The normalized spacial score (nSPS) is 16.8. The van der Waals surface area contributed by atoms with Crippen molar-refractivity contribution in [1.82, 2.24) is 9.80 Å². The molecule has 0 atom stereocenters. The summed E-state index contributed by atoms with van der Waals surface area (Å²) in [7, 11) is -2.34. The zero-order valence-corrected chi connectivity index (χ0v) is 17.1. The molecule has 0 aromatic heterocycles. The fraction of sp³-hybridized carbons (Fsp3) is 0.800. The molecule has 1 fully saturated rings. The highest BCUT2D eigenvalue weighted by Crippen LogP contribution is 2.19. The van der Waals surface area contributed by atoms with Gasteiger partial charge in [-0.05, 0) is 41.5 Å². The number of ether oxygens (including phenoxy) is 2. The minimum absolute atomic E-state index is 0.00754. The van der Waals surface area contributed by atoms with Gasteiger partial charge in [-0.3, -0.25) is 4.90 Å². The molecule has 1 heterocycles. The van der Waals surface area contributed by atoms with Gasteiger partial charge in [0, 0.05) is 20.1 Å². The van der Waals surface area contributed by atoms with Crippen molar-refractivity contribution in [3.8, 4) is 0 Å². The molecular formula is C15H28N4O6S. The summed E-state index contributed by atoms with van der Waals surface area (Å²) in [4.78, 5) is 30.6. The zero-order valence-electron chi connectivity index (χ0n) is 16.3. The van der Waals surface area contributed by atoms with Gasteiger partial charge in [0.25, 0.3) is 0 Å². The van der Waals surface area contributed by atoms with Gasteiger partial charge in [0.1, 0.15) is 16.5 Å². The van der Waals surface area contributed by atoms with Crippen LogP contribution >= 0.6 is 0 Å². The predicted octanol–water partition coefficient (Wildman–Crippen LogP) is 1.12. The van der Waals surface area contributed by atoms with Gasteiger partial charge < -0.3 is 14.4 Å². The Bertz CT molecular complexity index is 684. The van der Waals surface area contributed by atoms with Crippen LogP contribution in [0.25, 0.3) is 0 Å². The highest BCUT2D eigenvalue weighted by Gasteiger charge is 2.40. The largest absolute Gasteiger partial charge is 0.443 e. The Kier molecular flexibility index (Phi) is 6.30. The standard InChI is InChI=1S/C15H28N4O6S/c1-14(2,3)24-12(20)17-11(18(7)13(21)25-15(4,5)6)19-8-10(9-19)26(16,22)23/h10H,8-9H2,1-7H3,(H2,16,22,23). The summed E-state index contributed by atoms with van der Waals surface area (Å²) < 4.78 is 33.2. The molecule has 0 spiro atoms. The Morgan fingerprint density at radius 1 is 1.08 bits per heavy atom. The molecule has 2 amide bonds. The van der Waals surface area contributed by atoms with Gasteiger partial charge in [-0.1, -0.05) is 0 Å². The molecule has 1 rings (SSSR count). The van der Waals surface area contributed by atoms with Crippen molar-refractivity contribution < 1.29 is 27.5 Å². The number of carbonyl (C=O) groups is 2. The van der Waals surface area contributed by atoms with E-state index >= 15 is 0 Å². The maximum Gasteiger partial charge on any atom is 0.437 e. The van der Waals surface area contributed by atoms with E-state index in [4.69, 9.17) is 14.6 Å². The molecule has 0 radical (unpaired) electrons. The van der Waals surface area contributed by atoms with Crippen molar-refractivity contribution in [1.29, 1.82) is 0 Å². The molecule has 0 aromatic carbocycles. The Balaban J connectivity index is 3.03. The van der Waals surface area contributed by atoms with Gasteiger partial charge in [-0.25, -0.2) is 23.1 Å². The molecule has 1 aliphatic rings. The average Bonchev–Trinajstić information content (AvgIpc) is 2.28. The minimum Gasteiger partial charge on any atom is -0.443 e. The maximum absolute atomic E-state index is 12.3. The lowest BCUT2D eigenvalue weighted by Gasteiger charge is -2.41. The molecule has 2 N–H and O–H groups in total. The third kappa shape index (κ3) is 6.79. The molecule has 26 heavy (non-hydrogen) atoms. The highest BCUT2D eigenvalue weighted by atomic mass is 32.2. The molecule has 0 bridgehead atoms. The van der Waals surface area contributed by atoms with Gasteiger partial charge in [0.15, 0.2) is 0 Å². The van der Waals surface area contributed by atoms with Crippen molar-refractivity contribution in [3.05, 3.63) is 0 Å². The molecule has 11 heteroatoms. The number of likely N-dealkylation sites (tertiary alicyclic amines) is 1. The Morgan fingerprint density at radius 3 is 1.92 bits per heavy atom. The smallest absolute Gasteiger partial charge is 0.437 e. The number of hydrogen-bond acceptors (Lipinski definition) is 6. The first-order valence-corrected chi connectivity index (χ1v) is 9.65. The summed E-state index contributed by atoms with van der Waals surface area (Å²) in [6.45, 7) is 10.1. The monoisotopic (exact) mass is 392 g/mol. The van der Waals surface area contributed by atoms with E-state index in [9.17, 15) is 18.0 Å². The van der Waals surface area contributed by atoms with E-state index in [-0.39, 0.29) is 19.0 Å². The first kappa shape index (κ1) is 22.2. The summed E-state index contributed by atoms with van der Waals surface area (Å²) in [5.74, 6) is -0.0617. The fourth-order valence-electron chi connectivity index (χ4n) is 1.95. The second-order valence-corrected chi connectivity index (χ2v) is 9.89. The Morgan fingerprint density at radius 2 is 1.54 bits per heavy atom. The molecule has 1 aliphatic heterocycles. The zero-order chi connectivity index (χ0) is 20.5. The van der Waals surface area contributed by atoms with Crippen LogP contribution < -0.4 is 5.14 Å². The third-order valence-corrected chi connectivity index (χ3v) is 4.38. The van der Waals surface area contributed by atoms with E-state index in [2.05, 4.69) is 4.99 Å². The number of hydrogen-bond donors (Lipinski definition) is 1. The number of aliphatic imine (C=N–C) groups is 1. The lowest BCUT2D eigenvalue weighted by Crippen LogP contribution is -2.62. The lowest BCUT2D eigenvalue weighted by atomic mass is 10.2. The third-order valence-electron chi connectivity index (χ3n) is 3.15.